The maximum atomic E-state index is 12.8. The molecule has 0 bridgehead atoms. The number of nitrogens with one attached hydrogen (secondary N) is 2. The number of anilines is 3. The van der Waals surface area contributed by atoms with Crippen molar-refractivity contribution in [2.45, 2.75) is 19.4 Å². The Morgan fingerprint density at radius 2 is 1.77 bits per heavy atom. The molecule has 4 rings (SSSR count). The first-order valence-corrected chi connectivity index (χ1v) is 10.2. The smallest absolute Gasteiger partial charge is 0.255 e. The second-order valence-corrected chi connectivity index (χ2v) is 7.67. The van der Waals surface area contributed by atoms with Crippen LogP contribution in [-0.2, 0) is 4.79 Å². The van der Waals surface area contributed by atoms with Gasteiger partial charge in [-0.15, -0.1) is 0 Å². The summed E-state index contributed by atoms with van der Waals surface area (Å²) in [5, 5.41) is 5.87. The molecule has 0 spiro atoms. The monoisotopic (exact) mass is 415 g/mol. The molecule has 1 atom stereocenters. The highest BCUT2D eigenvalue weighted by atomic mass is 16.2. The summed E-state index contributed by atoms with van der Waals surface area (Å²) in [5.41, 5.74) is 10.7. The van der Waals surface area contributed by atoms with Crippen molar-refractivity contribution in [3.63, 3.8) is 0 Å². The summed E-state index contributed by atoms with van der Waals surface area (Å²) in [5.74, 6) is -0.228. The van der Waals surface area contributed by atoms with Gasteiger partial charge in [-0.05, 0) is 66.1 Å². The predicted molar refractivity (Wildman–Crippen MR) is 123 cm³/mol. The van der Waals surface area contributed by atoms with Gasteiger partial charge in [-0.3, -0.25) is 14.6 Å². The van der Waals surface area contributed by atoms with Crippen molar-refractivity contribution < 1.29 is 9.59 Å². The predicted octanol–water partition coefficient (Wildman–Crippen LogP) is 3.30. The zero-order valence-electron chi connectivity index (χ0n) is 17.3. The van der Waals surface area contributed by atoms with Gasteiger partial charge < -0.3 is 21.3 Å². The topological polar surface area (TPSA) is 100 Å². The van der Waals surface area contributed by atoms with E-state index in [1.165, 1.54) is 6.92 Å². The maximum Gasteiger partial charge on any atom is 0.255 e. The van der Waals surface area contributed by atoms with E-state index >= 15 is 0 Å². The number of carbonyl (C=O) groups excluding carboxylic acids is 2. The number of pyridine rings is 1. The van der Waals surface area contributed by atoms with Gasteiger partial charge in [0.25, 0.3) is 5.91 Å². The Kier molecular flexibility index (Phi) is 5.84. The summed E-state index contributed by atoms with van der Waals surface area (Å²) < 4.78 is 0. The summed E-state index contributed by atoms with van der Waals surface area (Å²) in [6, 6.07) is 17.0. The van der Waals surface area contributed by atoms with Crippen molar-refractivity contribution in [1.82, 2.24) is 10.3 Å². The number of carbonyl (C=O) groups is 2. The second-order valence-electron chi connectivity index (χ2n) is 7.67. The van der Waals surface area contributed by atoms with E-state index in [1.54, 1.807) is 30.6 Å². The van der Waals surface area contributed by atoms with Gasteiger partial charge in [-0.1, -0.05) is 6.07 Å². The zero-order valence-corrected chi connectivity index (χ0v) is 17.3. The van der Waals surface area contributed by atoms with Gasteiger partial charge in [0.2, 0.25) is 5.91 Å². The highest BCUT2D eigenvalue weighted by molar-refractivity contribution is 6.06. The number of nitrogens with two attached hydrogens (primary N) is 1. The third-order valence-electron chi connectivity index (χ3n) is 5.41. The molecule has 1 aliphatic rings. The van der Waals surface area contributed by atoms with Crippen molar-refractivity contribution in [1.29, 1.82) is 0 Å². The van der Waals surface area contributed by atoms with Gasteiger partial charge in [-0.25, -0.2) is 0 Å². The van der Waals surface area contributed by atoms with Crippen LogP contribution in [-0.4, -0.2) is 35.9 Å². The molecule has 1 saturated heterocycles. The van der Waals surface area contributed by atoms with Crippen LogP contribution in [0.2, 0.25) is 0 Å². The van der Waals surface area contributed by atoms with Crippen molar-refractivity contribution in [3.8, 4) is 11.1 Å². The SMILES string of the molecule is CC(=O)N[C@H]1CCN(c2ccc(C(=O)Nc3cc(-c4ccncc4)ccc3N)cc2)C1. The molecule has 7 heteroatoms. The standard InChI is InChI=1S/C24H25N5O2/c1-16(30)27-20-10-13-29(15-20)21-5-2-18(3-6-21)24(31)28-23-14-19(4-7-22(23)25)17-8-11-26-12-9-17/h2-9,11-12,14,20H,10,13,15,25H2,1H3,(H,27,30)(H,28,31)/t20-/m0/s1. The lowest BCUT2D eigenvalue weighted by molar-refractivity contribution is -0.119. The van der Waals surface area contributed by atoms with Crippen LogP contribution in [0.5, 0.6) is 0 Å². The van der Waals surface area contributed by atoms with Crippen LogP contribution in [0.15, 0.2) is 67.0 Å². The van der Waals surface area contributed by atoms with E-state index in [2.05, 4.69) is 20.5 Å². The van der Waals surface area contributed by atoms with Gasteiger partial charge >= 0.3 is 0 Å². The molecule has 2 aromatic carbocycles. The summed E-state index contributed by atoms with van der Waals surface area (Å²) in [6.07, 6.45) is 4.36. The Hall–Kier alpha value is -3.87. The number of rotatable bonds is 5. The number of benzene rings is 2. The molecule has 7 nitrogen and oxygen atoms in total. The van der Waals surface area contributed by atoms with E-state index in [9.17, 15) is 9.59 Å². The Morgan fingerprint density at radius 1 is 1.03 bits per heavy atom. The van der Waals surface area contributed by atoms with E-state index in [-0.39, 0.29) is 17.9 Å². The Labute approximate surface area is 181 Å². The molecule has 4 N–H and O–H groups in total. The first-order valence-electron chi connectivity index (χ1n) is 10.2. The minimum atomic E-state index is -0.220. The van der Waals surface area contributed by atoms with Crippen LogP contribution in [0.25, 0.3) is 11.1 Å². The number of hydrogen-bond acceptors (Lipinski definition) is 5. The minimum Gasteiger partial charge on any atom is -0.397 e. The van der Waals surface area contributed by atoms with Crippen molar-refractivity contribution in [3.05, 3.63) is 72.6 Å². The number of nitrogen functional groups attached to an aromatic ring is 1. The number of aromatic nitrogens is 1. The molecule has 3 aromatic rings. The molecule has 1 aromatic heterocycles. The average Bonchev–Trinajstić information content (AvgIpc) is 3.23. The maximum absolute atomic E-state index is 12.8. The number of nitrogens with zero attached hydrogens (tertiary/aromatic N) is 2. The molecule has 0 unspecified atom stereocenters. The highest BCUT2D eigenvalue weighted by Crippen LogP contribution is 2.28. The van der Waals surface area contributed by atoms with Crippen molar-refractivity contribution in [2.75, 3.05) is 29.0 Å². The van der Waals surface area contributed by atoms with Crippen LogP contribution < -0.4 is 21.3 Å². The summed E-state index contributed by atoms with van der Waals surface area (Å²) in [4.78, 5) is 30.3. The van der Waals surface area contributed by atoms with Gasteiger partial charge in [0.15, 0.2) is 0 Å². The lowest BCUT2D eigenvalue weighted by Gasteiger charge is -2.19. The van der Waals surface area contributed by atoms with Crippen LogP contribution in [0.3, 0.4) is 0 Å². The Bertz CT molecular complexity index is 1080. The molecule has 2 amide bonds. The second kappa shape index (κ2) is 8.87. The van der Waals surface area contributed by atoms with Crippen molar-refractivity contribution >= 4 is 28.9 Å². The fourth-order valence-electron chi connectivity index (χ4n) is 3.81. The fourth-order valence-corrected chi connectivity index (χ4v) is 3.81. The van der Waals surface area contributed by atoms with E-state index in [0.717, 1.165) is 36.3 Å². The van der Waals surface area contributed by atoms with Crippen molar-refractivity contribution in [2.24, 2.45) is 0 Å². The highest BCUT2D eigenvalue weighted by Gasteiger charge is 2.23. The lowest BCUT2D eigenvalue weighted by atomic mass is 10.1. The van der Waals surface area contributed by atoms with E-state index in [4.69, 9.17) is 5.73 Å². The average molecular weight is 415 g/mol. The van der Waals surface area contributed by atoms with Crippen LogP contribution in [0.4, 0.5) is 17.1 Å². The van der Waals surface area contributed by atoms with E-state index in [0.29, 0.717) is 16.9 Å². The molecule has 0 saturated carbocycles. The molecular weight excluding hydrogens is 390 g/mol. The largest absolute Gasteiger partial charge is 0.397 e. The van der Waals surface area contributed by atoms with E-state index in [1.807, 2.05) is 36.4 Å². The first-order chi connectivity index (χ1) is 15.0. The van der Waals surface area contributed by atoms with Crippen LogP contribution >= 0.6 is 0 Å². The summed E-state index contributed by atoms with van der Waals surface area (Å²) in [7, 11) is 0. The first kappa shape index (κ1) is 20.4. The number of hydrogen-bond donors (Lipinski definition) is 3. The quantitative estimate of drug-likeness (QED) is 0.555. The number of amides is 2. The van der Waals surface area contributed by atoms with Crippen LogP contribution in [0, 0.1) is 0 Å². The Morgan fingerprint density at radius 3 is 2.48 bits per heavy atom. The summed E-state index contributed by atoms with van der Waals surface area (Å²) in [6.45, 7) is 3.17. The molecule has 1 aliphatic heterocycles. The van der Waals surface area contributed by atoms with Crippen LogP contribution in [0.1, 0.15) is 23.7 Å². The molecule has 2 heterocycles. The summed E-state index contributed by atoms with van der Waals surface area (Å²) >= 11 is 0. The fraction of sp³-hybridized carbons (Fsp3) is 0.208. The molecule has 158 valence electrons. The minimum absolute atomic E-state index is 0.00820. The molecule has 1 fully saturated rings. The van der Waals surface area contributed by atoms with Gasteiger partial charge in [-0.2, -0.15) is 0 Å². The Balaban J connectivity index is 1.44. The van der Waals surface area contributed by atoms with Gasteiger partial charge in [0, 0.05) is 49.7 Å². The van der Waals surface area contributed by atoms with Gasteiger partial charge in [0.1, 0.15) is 0 Å². The third-order valence-corrected chi connectivity index (χ3v) is 5.41. The third kappa shape index (κ3) is 4.83. The van der Waals surface area contributed by atoms with Gasteiger partial charge in [0.05, 0.1) is 11.4 Å². The molecule has 31 heavy (non-hydrogen) atoms. The van der Waals surface area contributed by atoms with E-state index < -0.39 is 0 Å². The lowest BCUT2D eigenvalue weighted by Crippen LogP contribution is -2.35. The molecule has 0 aliphatic carbocycles. The molecule has 0 radical (unpaired) electrons. The zero-order chi connectivity index (χ0) is 21.8. The molecular formula is C24H25N5O2. The normalized spacial score (nSPS) is 15.5.